The zero-order chi connectivity index (χ0) is 14.5. The lowest BCUT2D eigenvalue weighted by Gasteiger charge is -2.35. The highest BCUT2D eigenvalue weighted by atomic mass is 16.5. The minimum absolute atomic E-state index is 0.0145. The summed E-state index contributed by atoms with van der Waals surface area (Å²) in [5.74, 6) is -0.346. The molecule has 0 radical (unpaired) electrons. The summed E-state index contributed by atoms with van der Waals surface area (Å²) >= 11 is 0. The number of ether oxygens (including phenoxy) is 2. The van der Waals surface area contributed by atoms with E-state index in [2.05, 4.69) is 5.32 Å². The van der Waals surface area contributed by atoms with Gasteiger partial charge in [-0.05, 0) is 27.7 Å². The van der Waals surface area contributed by atoms with Crippen LogP contribution in [0, 0.1) is 0 Å². The van der Waals surface area contributed by atoms with Gasteiger partial charge in [-0.1, -0.05) is 0 Å². The van der Waals surface area contributed by atoms with Crippen LogP contribution in [0.2, 0.25) is 0 Å². The average Bonchev–Trinajstić information content (AvgIpc) is 2.35. The standard InChI is InChI=1S/C13H24N2O4/c1-5-14-12(17)10-8-18-7-6-15(10)11(16)9-19-13(2,3)4/h10H,5-9H2,1-4H3,(H,14,17). The third kappa shape index (κ3) is 5.16. The molecule has 1 unspecified atom stereocenters. The van der Waals surface area contributed by atoms with Gasteiger partial charge in [-0.3, -0.25) is 9.59 Å². The van der Waals surface area contributed by atoms with Crippen molar-refractivity contribution in [3.63, 3.8) is 0 Å². The minimum atomic E-state index is -0.551. The molecule has 0 spiro atoms. The van der Waals surface area contributed by atoms with Crippen LogP contribution in [0.15, 0.2) is 0 Å². The zero-order valence-corrected chi connectivity index (χ0v) is 12.2. The number of nitrogens with zero attached hydrogens (tertiary/aromatic N) is 1. The van der Waals surface area contributed by atoms with E-state index in [1.54, 1.807) is 4.90 Å². The Morgan fingerprint density at radius 2 is 2.11 bits per heavy atom. The predicted octanol–water partition coefficient (Wildman–Crippen LogP) is 0.165. The first-order valence-electron chi connectivity index (χ1n) is 6.64. The van der Waals surface area contributed by atoms with E-state index in [9.17, 15) is 9.59 Å². The van der Waals surface area contributed by atoms with E-state index in [0.29, 0.717) is 19.7 Å². The lowest BCUT2D eigenvalue weighted by Crippen LogP contribution is -2.56. The van der Waals surface area contributed by atoms with Gasteiger partial charge in [0.2, 0.25) is 11.8 Å². The molecule has 0 aromatic carbocycles. The van der Waals surface area contributed by atoms with Crippen LogP contribution in [0.5, 0.6) is 0 Å². The Kier molecular flexibility index (Phi) is 5.75. The van der Waals surface area contributed by atoms with Crippen molar-refractivity contribution < 1.29 is 19.1 Å². The summed E-state index contributed by atoms with van der Waals surface area (Å²) in [6, 6.07) is -0.551. The molecule has 2 amide bonds. The number of likely N-dealkylation sites (N-methyl/N-ethyl adjacent to an activating group) is 1. The van der Waals surface area contributed by atoms with E-state index in [4.69, 9.17) is 9.47 Å². The molecule has 1 fully saturated rings. The largest absolute Gasteiger partial charge is 0.377 e. The van der Waals surface area contributed by atoms with Crippen molar-refractivity contribution in [3.05, 3.63) is 0 Å². The third-order valence-electron chi connectivity index (χ3n) is 2.73. The van der Waals surface area contributed by atoms with E-state index in [1.165, 1.54) is 0 Å². The van der Waals surface area contributed by atoms with Gasteiger partial charge in [0.25, 0.3) is 0 Å². The van der Waals surface area contributed by atoms with E-state index in [-0.39, 0.29) is 30.6 Å². The van der Waals surface area contributed by atoms with Gasteiger partial charge in [0, 0.05) is 13.1 Å². The Hall–Kier alpha value is -1.14. The lowest BCUT2D eigenvalue weighted by atomic mass is 10.2. The summed E-state index contributed by atoms with van der Waals surface area (Å²) in [4.78, 5) is 25.6. The van der Waals surface area contributed by atoms with Gasteiger partial charge in [0.15, 0.2) is 0 Å². The maximum atomic E-state index is 12.1. The van der Waals surface area contributed by atoms with E-state index in [0.717, 1.165) is 0 Å². The van der Waals surface area contributed by atoms with Crippen LogP contribution in [0.3, 0.4) is 0 Å². The molecule has 110 valence electrons. The van der Waals surface area contributed by atoms with Gasteiger partial charge in [-0.2, -0.15) is 0 Å². The van der Waals surface area contributed by atoms with Gasteiger partial charge >= 0.3 is 0 Å². The number of hydrogen-bond acceptors (Lipinski definition) is 4. The van der Waals surface area contributed by atoms with E-state index >= 15 is 0 Å². The molecule has 1 rings (SSSR count). The van der Waals surface area contributed by atoms with Crippen LogP contribution in [0.4, 0.5) is 0 Å². The fourth-order valence-corrected chi connectivity index (χ4v) is 1.77. The van der Waals surface area contributed by atoms with Gasteiger partial charge in [-0.15, -0.1) is 0 Å². The number of amides is 2. The molecule has 0 aliphatic carbocycles. The SMILES string of the molecule is CCNC(=O)C1COCCN1C(=O)COC(C)(C)C. The highest BCUT2D eigenvalue weighted by molar-refractivity contribution is 5.88. The molecule has 6 nitrogen and oxygen atoms in total. The first-order valence-corrected chi connectivity index (χ1v) is 6.64. The average molecular weight is 272 g/mol. The van der Waals surface area contributed by atoms with Crippen LogP contribution in [0.1, 0.15) is 27.7 Å². The lowest BCUT2D eigenvalue weighted by molar-refractivity contribution is -0.155. The highest BCUT2D eigenvalue weighted by Crippen LogP contribution is 2.11. The van der Waals surface area contributed by atoms with Crippen LogP contribution in [-0.4, -0.2) is 61.3 Å². The fraction of sp³-hybridized carbons (Fsp3) is 0.846. The number of hydrogen-bond donors (Lipinski definition) is 1. The molecule has 1 aliphatic heterocycles. The van der Waals surface area contributed by atoms with E-state index in [1.807, 2.05) is 27.7 Å². The summed E-state index contributed by atoms with van der Waals surface area (Å²) in [5.41, 5.74) is -0.372. The molecular weight excluding hydrogens is 248 g/mol. The Labute approximate surface area is 114 Å². The van der Waals surface area contributed by atoms with Crippen molar-refractivity contribution in [3.8, 4) is 0 Å². The second-order valence-corrected chi connectivity index (χ2v) is 5.47. The van der Waals surface area contributed by atoms with Crippen molar-refractivity contribution in [2.45, 2.75) is 39.3 Å². The molecule has 1 saturated heterocycles. The third-order valence-corrected chi connectivity index (χ3v) is 2.73. The zero-order valence-electron chi connectivity index (χ0n) is 12.2. The van der Waals surface area contributed by atoms with Crippen molar-refractivity contribution >= 4 is 11.8 Å². The van der Waals surface area contributed by atoms with Gasteiger partial charge < -0.3 is 19.7 Å². The maximum absolute atomic E-state index is 12.1. The Morgan fingerprint density at radius 3 is 2.68 bits per heavy atom. The van der Waals surface area contributed by atoms with Crippen LogP contribution < -0.4 is 5.32 Å². The second-order valence-electron chi connectivity index (χ2n) is 5.47. The topological polar surface area (TPSA) is 67.9 Å². The Morgan fingerprint density at radius 1 is 1.42 bits per heavy atom. The molecule has 6 heteroatoms. The molecule has 0 aromatic rings. The summed E-state index contributed by atoms with van der Waals surface area (Å²) < 4.78 is 10.7. The molecular formula is C13H24N2O4. The van der Waals surface area contributed by atoms with Crippen molar-refractivity contribution in [2.24, 2.45) is 0 Å². The van der Waals surface area contributed by atoms with Gasteiger partial charge in [0.05, 0.1) is 18.8 Å². The van der Waals surface area contributed by atoms with Crippen LogP contribution >= 0.6 is 0 Å². The Bertz CT molecular complexity index is 325. The second kappa shape index (κ2) is 6.86. The molecule has 0 saturated carbocycles. The normalized spacial score (nSPS) is 20.2. The molecule has 1 N–H and O–H groups in total. The number of carbonyl (C=O) groups excluding carboxylic acids is 2. The van der Waals surface area contributed by atoms with Gasteiger partial charge in [0.1, 0.15) is 12.6 Å². The molecule has 0 bridgehead atoms. The summed E-state index contributed by atoms with van der Waals surface area (Å²) in [6.45, 7) is 9.16. The maximum Gasteiger partial charge on any atom is 0.249 e. The predicted molar refractivity (Wildman–Crippen MR) is 70.7 cm³/mol. The molecule has 1 atom stereocenters. The highest BCUT2D eigenvalue weighted by Gasteiger charge is 2.32. The molecule has 0 aromatic heterocycles. The number of carbonyl (C=O) groups is 2. The summed E-state index contributed by atoms with van der Waals surface area (Å²) in [6.07, 6.45) is 0. The first-order chi connectivity index (χ1) is 8.85. The molecule has 1 aliphatic rings. The van der Waals surface area contributed by atoms with E-state index < -0.39 is 6.04 Å². The Balaban J connectivity index is 2.61. The minimum Gasteiger partial charge on any atom is -0.377 e. The monoisotopic (exact) mass is 272 g/mol. The summed E-state index contributed by atoms with van der Waals surface area (Å²) in [7, 11) is 0. The van der Waals surface area contributed by atoms with Crippen molar-refractivity contribution in [2.75, 3.05) is 32.9 Å². The fourth-order valence-electron chi connectivity index (χ4n) is 1.77. The molecule has 1 heterocycles. The number of morpholine rings is 1. The number of rotatable bonds is 4. The van der Waals surface area contributed by atoms with Crippen LogP contribution in [0.25, 0.3) is 0 Å². The smallest absolute Gasteiger partial charge is 0.249 e. The summed E-state index contributed by atoms with van der Waals surface area (Å²) in [5, 5.41) is 2.72. The first kappa shape index (κ1) is 15.9. The van der Waals surface area contributed by atoms with Crippen molar-refractivity contribution in [1.29, 1.82) is 0 Å². The molecule has 19 heavy (non-hydrogen) atoms. The van der Waals surface area contributed by atoms with Crippen LogP contribution in [-0.2, 0) is 19.1 Å². The van der Waals surface area contributed by atoms with Crippen molar-refractivity contribution in [1.82, 2.24) is 10.2 Å². The quantitative estimate of drug-likeness (QED) is 0.792. The number of nitrogens with one attached hydrogen (secondary N) is 1. The van der Waals surface area contributed by atoms with Gasteiger partial charge in [-0.25, -0.2) is 0 Å².